The summed E-state index contributed by atoms with van der Waals surface area (Å²) in [6.45, 7) is 3.55. The van der Waals surface area contributed by atoms with Crippen molar-refractivity contribution < 1.29 is 5.11 Å². The lowest BCUT2D eigenvalue weighted by atomic mass is 10.0. The molecule has 5 heteroatoms. The monoisotopic (exact) mass is 218 g/mol. The molecule has 2 heterocycles. The van der Waals surface area contributed by atoms with Crippen molar-refractivity contribution in [3.05, 3.63) is 36.5 Å². The molecule has 0 aliphatic rings. The minimum Gasteiger partial charge on any atom is -0.390 e. The van der Waals surface area contributed by atoms with Crippen LogP contribution in [0.25, 0.3) is 5.82 Å². The van der Waals surface area contributed by atoms with E-state index in [1.807, 2.05) is 12.1 Å². The van der Waals surface area contributed by atoms with E-state index in [1.165, 1.54) is 6.33 Å². The third kappa shape index (κ3) is 2.64. The highest BCUT2D eigenvalue weighted by Crippen LogP contribution is 2.12. The minimum atomic E-state index is -0.712. The van der Waals surface area contributed by atoms with Gasteiger partial charge in [0.1, 0.15) is 12.7 Å². The number of hydrogen-bond acceptors (Lipinski definition) is 4. The Morgan fingerprint density at radius 3 is 2.69 bits per heavy atom. The van der Waals surface area contributed by atoms with Gasteiger partial charge in [0.25, 0.3) is 0 Å². The van der Waals surface area contributed by atoms with Crippen LogP contribution in [0.1, 0.15) is 19.4 Å². The highest BCUT2D eigenvalue weighted by atomic mass is 16.3. The van der Waals surface area contributed by atoms with Gasteiger partial charge in [-0.3, -0.25) is 0 Å². The van der Waals surface area contributed by atoms with Crippen LogP contribution in [0.4, 0.5) is 0 Å². The zero-order valence-electron chi connectivity index (χ0n) is 9.33. The van der Waals surface area contributed by atoms with Gasteiger partial charge < -0.3 is 5.11 Å². The molecule has 16 heavy (non-hydrogen) atoms. The summed E-state index contributed by atoms with van der Waals surface area (Å²) in [6.07, 6.45) is 5.39. The molecule has 0 atom stereocenters. The van der Waals surface area contributed by atoms with Crippen molar-refractivity contribution in [3.63, 3.8) is 0 Å². The fourth-order valence-electron chi connectivity index (χ4n) is 1.48. The summed E-state index contributed by atoms with van der Waals surface area (Å²) in [6, 6.07) is 3.79. The van der Waals surface area contributed by atoms with Crippen molar-refractivity contribution >= 4 is 0 Å². The first-order chi connectivity index (χ1) is 7.54. The molecular weight excluding hydrogens is 204 g/mol. The van der Waals surface area contributed by atoms with Crippen LogP contribution in [0.2, 0.25) is 0 Å². The molecule has 0 spiro atoms. The van der Waals surface area contributed by atoms with E-state index in [0.717, 1.165) is 11.4 Å². The lowest BCUT2D eigenvalue weighted by molar-refractivity contribution is 0.0809. The first-order valence-electron chi connectivity index (χ1n) is 5.07. The summed E-state index contributed by atoms with van der Waals surface area (Å²) < 4.78 is 1.59. The van der Waals surface area contributed by atoms with E-state index in [9.17, 15) is 5.11 Å². The Balaban J connectivity index is 2.17. The standard InChI is InChI=1S/C11H14N4O/c1-11(2,16)5-9-3-4-10(13-6-9)15-8-12-7-14-15/h3-4,6-8,16H,5H2,1-2H3. The Bertz CT molecular complexity index is 442. The van der Waals surface area contributed by atoms with Crippen LogP contribution in [0.3, 0.4) is 0 Å². The average molecular weight is 218 g/mol. The molecular formula is C11H14N4O. The quantitative estimate of drug-likeness (QED) is 0.834. The summed E-state index contributed by atoms with van der Waals surface area (Å²) in [5.41, 5.74) is 0.285. The largest absolute Gasteiger partial charge is 0.390 e. The van der Waals surface area contributed by atoms with Crippen LogP contribution < -0.4 is 0 Å². The molecule has 0 fully saturated rings. The molecule has 2 aromatic rings. The van der Waals surface area contributed by atoms with Crippen LogP contribution in [-0.2, 0) is 6.42 Å². The molecule has 0 amide bonds. The summed E-state index contributed by atoms with van der Waals surface area (Å²) in [7, 11) is 0. The molecule has 2 rings (SSSR count). The molecule has 0 saturated heterocycles. The first-order valence-corrected chi connectivity index (χ1v) is 5.07. The average Bonchev–Trinajstić information content (AvgIpc) is 2.69. The molecule has 0 aliphatic carbocycles. The minimum absolute atomic E-state index is 0.581. The second-order valence-electron chi connectivity index (χ2n) is 4.35. The predicted octanol–water partition coefficient (Wildman–Crippen LogP) is 0.976. The smallest absolute Gasteiger partial charge is 0.155 e. The Morgan fingerprint density at radius 2 is 2.19 bits per heavy atom. The molecule has 0 saturated carbocycles. The summed E-state index contributed by atoms with van der Waals surface area (Å²) >= 11 is 0. The summed E-state index contributed by atoms with van der Waals surface area (Å²) in [5, 5.41) is 13.7. The number of hydrogen-bond donors (Lipinski definition) is 1. The van der Waals surface area contributed by atoms with Gasteiger partial charge in [-0.2, -0.15) is 5.10 Å². The molecule has 0 radical (unpaired) electrons. The van der Waals surface area contributed by atoms with E-state index in [-0.39, 0.29) is 0 Å². The number of nitrogens with zero attached hydrogens (tertiary/aromatic N) is 4. The van der Waals surface area contributed by atoms with Crippen molar-refractivity contribution in [2.24, 2.45) is 0 Å². The fraction of sp³-hybridized carbons (Fsp3) is 0.364. The van der Waals surface area contributed by atoms with Crippen molar-refractivity contribution in [3.8, 4) is 5.82 Å². The van der Waals surface area contributed by atoms with Gasteiger partial charge in [0, 0.05) is 12.6 Å². The van der Waals surface area contributed by atoms with Crippen LogP contribution >= 0.6 is 0 Å². The van der Waals surface area contributed by atoms with Crippen LogP contribution in [0.15, 0.2) is 31.0 Å². The molecule has 0 aromatic carbocycles. The Kier molecular flexibility index (Phi) is 2.70. The van der Waals surface area contributed by atoms with E-state index >= 15 is 0 Å². The normalized spacial score (nSPS) is 11.7. The van der Waals surface area contributed by atoms with Crippen LogP contribution in [0, 0.1) is 0 Å². The Hall–Kier alpha value is -1.75. The van der Waals surface area contributed by atoms with Crippen molar-refractivity contribution in [1.82, 2.24) is 19.7 Å². The van der Waals surface area contributed by atoms with Crippen LogP contribution in [0.5, 0.6) is 0 Å². The van der Waals surface area contributed by atoms with Gasteiger partial charge in [0.05, 0.1) is 5.60 Å². The zero-order chi connectivity index (χ0) is 11.6. The van der Waals surface area contributed by atoms with Crippen LogP contribution in [-0.4, -0.2) is 30.5 Å². The number of aromatic nitrogens is 4. The highest BCUT2D eigenvalue weighted by Gasteiger charge is 2.13. The van der Waals surface area contributed by atoms with E-state index in [1.54, 1.807) is 31.1 Å². The maximum Gasteiger partial charge on any atom is 0.155 e. The summed E-state index contributed by atoms with van der Waals surface area (Å²) in [4.78, 5) is 8.11. The molecule has 5 nitrogen and oxygen atoms in total. The second-order valence-corrected chi connectivity index (χ2v) is 4.35. The van der Waals surface area contributed by atoms with Gasteiger partial charge in [-0.15, -0.1) is 0 Å². The third-order valence-electron chi connectivity index (χ3n) is 2.10. The fourth-order valence-corrected chi connectivity index (χ4v) is 1.48. The molecule has 0 aliphatic heterocycles. The van der Waals surface area contributed by atoms with Gasteiger partial charge in [0.2, 0.25) is 0 Å². The topological polar surface area (TPSA) is 63.8 Å². The van der Waals surface area contributed by atoms with Gasteiger partial charge in [-0.1, -0.05) is 6.07 Å². The zero-order valence-corrected chi connectivity index (χ0v) is 9.33. The number of rotatable bonds is 3. The maximum atomic E-state index is 9.67. The highest BCUT2D eigenvalue weighted by molar-refractivity contribution is 5.24. The lowest BCUT2D eigenvalue weighted by Gasteiger charge is -2.16. The predicted molar refractivity (Wildman–Crippen MR) is 59.2 cm³/mol. The Labute approximate surface area is 93.8 Å². The molecule has 0 unspecified atom stereocenters. The van der Waals surface area contributed by atoms with Gasteiger partial charge in [-0.05, 0) is 25.5 Å². The van der Waals surface area contributed by atoms with Crippen molar-refractivity contribution in [1.29, 1.82) is 0 Å². The van der Waals surface area contributed by atoms with Gasteiger partial charge in [-0.25, -0.2) is 14.6 Å². The molecule has 84 valence electrons. The van der Waals surface area contributed by atoms with Crippen molar-refractivity contribution in [2.45, 2.75) is 25.9 Å². The number of aliphatic hydroxyl groups is 1. The van der Waals surface area contributed by atoms with E-state index in [4.69, 9.17) is 0 Å². The molecule has 1 N–H and O–H groups in total. The maximum absolute atomic E-state index is 9.67. The van der Waals surface area contributed by atoms with Crippen molar-refractivity contribution in [2.75, 3.05) is 0 Å². The third-order valence-corrected chi connectivity index (χ3v) is 2.10. The Morgan fingerprint density at radius 1 is 1.38 bits per heavy atom. The summed E-state index contributed by atoms with van der Waals surface area (Å²) in [5.74, 6) is 0.719. The molecule has 0 bridgehead atoms. The lowest BCUT2D eigenvalue weighted by Crippen LogP contribution is -2.21. The SMILES string of the molecule is CC(C)(O)Cc1ccc(-n2cncn2)nc1. The van der Waals surface area contributed by atoms with Gasteiger partial charge >= 0.3 is 0 Å². The second kappa shape index (κ2) is 4.02. The van der Waals surface area contributed by atoms with E-state index in [0.29, 0.717) is 6.42 Å². The van der Waals surface area contributed by atoms with E-state index in [2.05, 4.69) is 15.1 Å². The van der Waals surface area contributed by atoms with E-state index < -0.39 is 5.60 Å². The number of pyridine rings is 1. The first kappa shape index (κ1) is 10.8. The van der Waals surface area contributed by atoms with Gasteiger partial charge in [0.15, 0.2) is 5.82 Å². The molecule has 2 aromatic heterocycles.